The maximum atomic E-state index is 11.9. The molecule has 1 amide bonds. The second-order valence-corrected chi connectivity index (χ2v) is 6.07. The number of aliphatic carboxylic acids is 1. The van der Waals surface area contributed by atoms with Crippen molar-refractivity contribution in [2.24, 2.45) is 11.3 Å². The Hall–Kier alpha value is -1.06. The van der Waals surface area contributed by atoms with Crippen molar-refractivity contribution >= 4 is 11.9 Å². The summed E-state index contributed by atoms with van der Waals surface area (Å²) >= 11 is 0. The topological polar surface area (TPSA) is 66.4 Å². The lowest BCUT2D eigenvalue weighted by molar-refractivity contribution is -0.149. The van der Waals surface area contributed by atoms with E-state index in [1.54, 1.807) is 13.8 Å². The minimum Gasteiger partial charge on any atom is -0.481 e. The lowest BCUT2D eigenvalue weighted by Crippen LogP contribution is -2.41. The molecule has 2 atom stereocenters. The molecular weight excluding hydrogens is 230 g/mol. The Balaban J connectivity index is 2.42. The standard InChI is InChI=1S/C14H25NO3/c1-4-10-6-5-7-11(8-10)15-12(16)9-14(2,3)13(17)18/h10-11H,4-9H2,1-3H3,(H,15,16)(H,17,18). The van der Waals surface area contributed by atoms with Crippen molar-refractivity contribution in [3.8, 4) is 0 Å². The predicted octanol–water partition coefficient (Wildman–Crippen LogP) is 2.57. The molecule has 2 unspecified atom stereocenters. The Bertz CT molecular complexity index is 312. The van der Waals surface area contributed by atoms with Gasteiger partial charge in [-0.3, -0.25) is 9.59 Å². The molecule has 0 aliphatic heterocycles. The summed E-state index contributed by atoms with van der Waals surface area (Å²) in [6.07, 6.45) is 5.68. The summed E-state index contributed by atoms with van der Waals surface area (Å²) in [5.74, 6) is -0.353. The number of carbonyl (C=O) groups is 2. The maximum absolute atomic E-state index is 11.9. The average molecular weight is 255 g/mol. The number of nitrogens with one attached hydrogen (secondary N) is 1. The third kappa shape index (κ3) is 4.31. The molecule has 4 heteroatoms. The zero-order valence-corrected chi connectivity index (χ0v) is 11.7. The van der Waals surface area contributed by atoms with E-state index < -0.39 is 11.4 Å². The van der Waals surface area contributed by atoms with E-state index in [1.165, 1.54) is 6.42 Å². The number of amides is 1. The van der Waals surface area contributed by atoms with E-state index in [-0.39, 0.29) is 18.4 Å². The van der Waals surface area contributed by atoms with E-state index in [4.69, 9.17) is 5.11 Å². The normalized spacial score (nSPS) is 24.6. The molecule has 0 aromatic heterocycles. The molecule has 0 aromatic carbocycles. The van der Waals surface area contributed by atoms with Gasteiger partial charge in [0.25, 0.3) is 0 Å². The molecular formula is C14H25NO3. The lowest BCUT2D eigenvalue weighted by Gasteiger charge is -2.30. The fourth-order valence-electron chi connectivity index (χ4n) is 2.55. The van der Waals surface area contributed by atoms with Gasteiger partial charge in [-0.15, -0.1) is 0 Å². The minimum atomic E-state index is -0.983. The van der Waals surface area contributed by atoms with Crippen LogP contribution in [0.1, 0.15) is 59.3 Å². The van der Waals surface area contributed by atoms with Crippen molar-refractivity contribution in [3.63, 3.8) is 0 Å². The Kier molecular flexibility index (Phi) is 5.17. The largest absolute Gasteiger partial charge is 0.481 e. The first-order chi connectivity index (χ1) is 8.35. The molecule has 0 bridgehead atoms. The second kappa shape index (κ2) is 6.21. The van der Waals surface area contributed by atoms with Crippen LogP contribution in [0.5, 0.6) is 0 Å². The zero-order chi connectivity index (χ0) is 13.8. The number of rotatable bonds is 5. The van der Waals surface area contributed by atoms with Crippen LogP contribution < -0.4 is 5.32 Å². The number of hydrogen-bond acceptors (Lipinski definition) is 2. The Morgan fingerprint density at radius 1 is 1.33 bits per heavy atom. The highest BCUT2D eigenvalue weighted by Gasteiger charge is 2.31. The van der Waals surface area contributed by atoms with Crippen LogP contribution in [0.15, 0.2) is 0 Å². The summed E-state index contributed by atoms with van der Waals surface area (Å²) < 4.78 is 0. The van der Waals surface area contributed by atoms with Crippen LogP contribution in [0.4, 0.5) is 0 Å². The van der Waals surface area contributed by atoms with Crippen LogP contribution in [0, 0.1) is 11.3 Å². The van der Waals surface area contributed by atoms with E-state index in [9.17, 15) is 9.59 Å². The summed E-state index contributed by atoms with van der Waals surface area (Å²) in [5, 5.41) is 12.0. The van der Waals surface area contributed by atoms with Gasteiger partial charge in [-0.25, -0.2) is 0 Å². The quantitative estimate of drug-likeness (QED) is 0.793. The molecule has 0 saturated heterocycles. The van der Waals surface area contributed by atoms with Crippen molar-refractivity contribution in [1.29, 1.82) is 0 Å². The van der Waals surface area contributed by atoms with Crippen LogP contribution in [0.3, 0.4) is 0 Å². The summed E-state index contributed by atoms with van der Waals surface area (Å²) in [5.41, 5.74) is -0.983. The molecule has 1 fully saturated rings. The molecule has 4 nitrogen and oxygen atoms in total. The molecule has 0 aromatic rings. The van der Waals surface area contributed by atoms with Gasteiger partial charge < -0.3 is 10.4 Å². The molecule has 1 aliphatic carbocycles. The van der Waals surface area contributed by atoms with Gasteiger partial charge in [0.1, 0.15) is 0 Å². The highest BCUT2D eigenvalue weighted by Crippen LogP contribution is 2.27. The maximum Gasteiger partial charge on any atom is 0.309 e. The smallest absolute Gasteiger partial charge is 0.309 e. The van der Waals surface area contributed by atoms with Crippen LogP contribution in [-0.4, -0.2) is 23.0 Å². The van der Waals surface area contributed by atoms with Gasteiger partial charge in [0.05, 0.1) is 5.41 Å². The summed E-state index contributed by atoms with van der Waals surface area (Å²) in [6.45, 7) is 5.36. The first-order valence-electron chi connectivity index (χ1n) is 6.88. The summed E-state index contributed by atoms with van der Waals surface area (Å²) in [4.78, 5) is 22.8. The Morgan fingerprint density at radius 2 is 2.00 bits per heavy atom. The highest BCUT2D eigenvalue weighted by molar-refractivity contribution is 5.84. The van der Waals surface area contributed by atoms with Crippen molar-refractivity contribution in [1.82, 2.24) is 5.32 Å². The molecule has 18 heavy (non-hydrogen) atoms. The Labute approximate surface area is 109 Å². The van der Waals surface area contributed by atoms with Crippen LogP contribution in [0.2, 0.25) is 0 Å². The monoisotopic (exact) mass is 255 g/mol. The molecule has 1 saturated carbocycles. The third-order valence-electron chi connectivity index (χ3n) is 3.91. The summed E-state index contributed by atoms with van der Waals surface area (Å²) in [7, 11) is 0. The van der Waals surface area contributed by atoms with Gasteiger partial charge in [-0.05, 0) is 32.6 Å². The van der Waals surface area contributed by atoms with Crippen molar-refractivity contribution in [2.75, 3.05) is 0 Å². The molecule has 104 valence electrons. The van der Waals surface area contributed by atoms with E-state index in [0.717, 1.165) is 25.7 Å². The van der Waals surface area contributed by atoms with E-state index >= 15 is 0 Å². The summed E-state index contributed by atoms with van der Waals surface area (Å²) in [6, 6.07) is 0.237. The van der Waals surface area contributed by atoms with Gasteiger partial charge in [-0.1, -0.05) is 26.2 Å². The first kappa shape index (κ1) is 15.0. The number of hydrogen-bond donors (Lipinski definition) is 2. The minimum absolute atomic E-state index is 0.0512. The molecule has 0 heterocycles. The third-order valence-corrected chi connectivity index (χ3v) is 3.91. The highest BCUT2D eigenvalue weighted by atomic mass is 16.4. The average Bonchev–Trinajstić information content (AvgIpc) is 2.28. The number of carboxylic acids is 1. The molecule has 2 N–H and O–H groups in total. The lowest BCUT2D eigenvalue weighted by atomic mass is 9.83. The fraction of sp³-hybridized carbons (Fsp3) is 0.857. The van der Waals surface area contributed by atoms with Crippen LogP contribution in [0.25, 0.3) is 0 Å². The zero-order valence-electron chi connectivity index (χ0n) is 11.7. The number of carboxylic acid groups (broad SMARTS) is 1. The van der Waals surface area contributed by atoms with E-state index in [2.05, 4.69) is 12.2 Å². The van der Waals surface area contributed by atoms with Crippen molar-refractivity contribution in [3.05, 3.63) is 0 Å². The SMILES string of the molecule is CCC1CCCC(NC(=O)CC(C)(C)C(=O)O)C1. The molecule has 1 rings (SSSR count). The van der Waals surface area contributed by atoms with Crippen molar-refractivity contribution < 1.29 is 14.7 Å². The van der Waals surface area contributed by atoms with Gasteiger partial charge in [-0.2, -0.15) is 0 Å². The first-order valence-corrected chi connectivity index (χ1v) is 6.88. The van der Waals surface area contributed by atoms with E-state index in [1.807, 2.05) is 0 Å². The van der Waals surface area contributed by atoms with Gasteiger partial charge >= 0.3 is 5.97 Å². The van der Waals surface area contributed by atoms with Gasteiger partial charge in [0, 0.05) is 12.5 Å². The van der Waals surface area contributed by atoms with Gasteiger partial charge in [0.15, 0.2) is 0 Å². The van der Waals surface area contributed by atoms with Crippen LogP contribution >= 0.6 is 0 Å². The molecule has 0 radical (unpaired) electrons. The van der Waals surface area contributed by atoms with Crippen LogP contribution in [-0.2, 0) is 9.59 Å². The van der Waals surface area contributed by atoms with Crippen molar-refractivity contribution in [2.45, 2.75) is 65.3 Å². The van der Waals surface area contributed by atoms with Gasteiger partial charge in [0.2, 0.25) is 5.91 Å². The predicted molar refractivity (Wildman–Crippen MR) is 70.2 cm³/mol. The Morgan fingerprint density at radius 3 is 2.56 bits per heavy atom. The molecule has 1 aliphatic rings. The van der Waals surface area contributed by atoms with E-state index in [0.29, 0.717) is 5.92 Å². The molecule has 0 spiro atoms. The second-order valence-electron chi connectivity index (χ2n) is 6.07. The fourth-order valence-corrected chi connectivity index (χ4v) is 2.55. The number of carbonyl (C=O) groups excluding carboxylic acids is 1.